The van der Waals surface area contributed by atoms with E-state index in [0.717, 1.165) is 48.2 Å². The summed E-state index contributed by atoms with van der Waals surface area (Å²) >= 11 is 6.64. The van der Waals surface area contributed by atoms with E-state index in [9.17, 15) is 0 Å². The normalized spacial score (nSPS) is 14.7. The van der Waals surface area contributed by atoms with Crippen LogP contribution in [0, 0.1) is 24.1 Å². The average Bonchev–Trinajstić information content (AvgIpc) is 3.26. The second-order valence-electron chi connectivity index (χ2n) is 9.45. The first-order chi connectivity index (χ1) is 18.5. The van der Waals surface area contributed by atoms with Crippen LogP contribution in [-0.2, 0) is 0 Å². The SMILES string of the molecule is Cc1nc2cnc3cc(F)c(-c4ccc(Oc5ccccn5)cc4Cl)cc3c2n1C1CCN(CC#N)CC1. The zero-order valence-corrected chi connectivity index (χ0v) is 21.5. The quantitative estimate of drug-likeness (QED) is 0.237. The van der Waals surface area contributed by atoms with Gasteiger partial charge < -0.3 is 9.30 Å². The van der Waals surface area contributed by atoms with Crippen molar-refractivity contribution in [3.8, 4) is 28.8 Å². The number of nitrogens with zero attached hydrogens (tertiary/aromatic N) is 6. The largest absolute Gasteiger partial charge is 0.439 e. The summed E-state index contributed by atoms with van der Waals surface area (Å²) in [5.41, 5.74) is 3.23. The number of hydrogen-bond donors (Lipinski definition) is 0. The molecule has 3 aromatic heterocycles. The first-order valence-electron chi connectivity index (χ1n) is 12.5. The molecular weight excluding hydrogens is 503 g/mol. The minimum absolute atomic E-state index is 0.237. The van der Waals surface area contributed by atoms with Crippen LogP contribution in [0.1, 0.15) is 24.7 Å². The maximum Gasteiger partial charge on any atom is 0.219 e. The van der Waals surface area contributed by atoms with Crippen LogP contribution < -0.4 is 4.74 Å². The molecule has 190 valence electrons. The lowest BCUT2D eigenvalue weighted by atomic mass is 10.0. The summed E-state index contributed by atoms with van der Waals surface area (Å²) in [6.45, 7) is 4.14. The summed E-state index contributed by atoms with van der Waals surface area (Å²) in [7, 11) is 0. The van der Waals surface area contributed by atoms with Gasteiger partial charge in [-0.2, -0.15) is 5.26 Å². The van der Waals surface area contributed by atoms with Gasteiger partial charge in [-0.25, -0.2) is 14.4 Å². The van der Waals surface area contributed by atoms with Crippen LogP contribution in [0.5, 0.6) is 11.6 Å². The molecule has 0 radical (unpaired) electrons. The Kier molecular flexibility index (Phi) is 6.40. The number of aromatic nitrogens is 4. The smallest absolute Gasteiger partial charge is 0.219 e. The number of aryl methyl sites for hydroxylation is 1. The minimum Gasteiger partial charge on any atom is -0.439 e. The number of nitriles is 1. The van der Waals surface area contributed by atoms with E-state index >= 15 is 4.39 Å². The van der Waals surface area contributed by atoms with Crippen LogP contribution in [0.2, 0.25) is 5.02 Å². The van der Waals surface area contributed by atoms with Crippen LogP contribution in [0.3, 0.4) is 0 Å². The minimum atomic E-state index is -0.405. The summed E-state index contributed by atoms with van der Waals surface area (Å²) < 4.78 is 23.5. The summed E-state index contributed by atoms with van der Waals surface area (Å²) in [5, 5.41) is 10.2. The van der Waals surface area contributed by atoms with Gasteiger partial charge in [0, 0.05) is 60.0 Å². The Labute approximate surface area is 224 Å². The molecule has 0 amide bonds. The van der Waals surface area contributed by atoms with Crippen LogP contribution in [0.15, 0.2) is 60.9 Å². The third-order valence-corrected chi connectivity index (χ3v) is 7.40. The Morgan fingerprint density at radius 3 is 2.66 bits per heavy atom. The summed E-state index contributed by atoms with van der Waals surface area (Å²) in [6.07, 6.45) is 5.18. The van der Waals surface area contributed by atoms with Gasteiger partial charge in [0.1, 0.15) is 22.9 Å². The van der Waals surface area contributed by atoms with Gasteiger partial charge in [0.15, 0.2) is 0 Å². The van der Waals surface area contributed by atoms with E-state index in [4.69, 9.17) is 26.6 Å². The van der Waals surface area contributed by atoms with Gasteiger partial charge in [-0.15, -0.1) is 0 Å². The monoisotopic (exact) mass is 526 g/mol. The third-order valence-electron chi connectivity index (χ3n) is 7.09. The highest BCUT2D eigenvalue weighted by Gasteiger charge is 2.25. The van der Waals surface area contributed by atoms with Gasteiger partial charge in [-0.1, -0.05) is 17.7 Å². The molecule has 0 bridgehead atoms. The highest BCUT2D eigenvalue weighted by molar-refractivity contribution is 6.33. The Morgan fingerprint density at radius 1 is 1.08 bits per heavy atom. The lowest BCUT2D eigenvalue weighted by Crippen LogP contribution is -2.35. The van der Waals surface area contributed by atoms with Crippen LogP contribution in [0.25, 0.3) is 33.1 Å². The van der Waals surface area contributed by atoms with Crippen molar-refractivity contribution >= 4 is 33.5 Å². The van der Waals surface area contributed by atoms with Crippen molar-refractivity contribution in [1.29, 1.82) is 5.26 Å². The topological polar surface area (TPSA) is 79.9 Å². The number of fused-ring (bicyclic) bond motifs is 3. The molecule has 0 spiro atoms. The van der Waals surface area contributed by atoms with E-state index in [-0.39, 0.29) is 6.04 Å². The van der Waals surface area contributed by atoms with E-state index in [2.05, 4.69) is 25.5 Å². The summed E-state index contributed by atoms with van der Waals surface area (Å²) in [6, 6.07) is 16.3. The fraction of sp³-hybridized carbons (Fsp3) is 0.241. The second kappa shape index (κ2) is 10.0. The molecule has 0 N–H and O–H groups in total. The number of hydrogen-bond acceptors (Lipinski definition) is 6. The van der Waals surface area contributed by atoms with Crippen LogP contribution in [-0.4, -0.2) is 44.1 Å². The first-order valence-corrected chi connectivity index (χ1v) is 12.8. The number of likely N-dealkylation sites (tertiary alicyclic amines) is 1. The molecule has 0 saturated carbocycles. The average molecular weight is 527 g/mol. The van der Waals surface area contributed by atoms with Gasteiger partial charge in [-0.05, 0) is 44.0 Å². The van der Waals surface area contributed by atoms with Crippen molar-refractivity contribution in [1.82, 2.24) is 24.4 Å². The molecule has 2 aromatic carbocycles. The number of piperidine rings is 1. The number of imidazole rings is 1. The lowest BCUT2D eigenvalue weighted by Gasteiger charge is -2.32. The Morgan fingerprint density at radius 2 is 1.92 bits per heavy atom. The van der Waals surface area contributed by atoms with Crippen molar-refractivity contribution in [3.05, 3.63) is 77.6 Å². The van der Waals surface area contributed by atoms with E-state index in [1.54, 1.807) is 36.7 Å². The maximum atomic E-state index is 15.4. The number of benzene rings is 2. The molecule has 5 aromatic rings. The molecule has 4 heterocycles. The van der Waals surface area contributed by atoms with Gasteiger partial charge in [0.2, 0.25) is 5.88 Å². The number of halogens is 2. The number of pyridine rings is 2. The lowest BCUT2D eigenvalue weighted by molar-refractivity contribution is 0.206. The maximum absolute atomic E-state index is 15.4. The van der Waals surface area contributed by atoms with E-state index in [0.29, 0.717) is 39.8 Å². The third kappa shape index (κ3) is 4.44. The highest BCUT2D eigenvalue weighted by atomic mass is 35.5. The zero-order chi connectivity index (χ0) is 26.2. The van der Waals surface area contributed by atoms with Crippen molar-refractivity contribution in [2.75, 3.05) is 19.6 Å². The molecule has 0 atom stereocenters. The molecule has 38 heavy (non-hydrogen) atoms. The molecule has 0 aliphatic carbocycles. The predicted octanol–water partition coefficient (Wildman–Crippen LogP) is 6.70. The van der Waals surface area contributed by atoms with Crippen molar-refractivity contribution in [3.63, 3.8) is 0 Å². The van der Waals surface area contributed by atoms with Crippen LogP contribution >= 0.6 is 11.6 Å². The van der Waals surface area contributed by atoms with E-state index < -0.39 is 5.82 Å². The zero-order valence-electron chi connectivity index (χ0n) is 20.7. The Hall–Kier alpha value is -4.06. The first kappa shape index (κ1) is 24.3. The Balaban J connectivity index is 1.42. The van der Waals surface area contributed by atoms with Gasteiger partial charge in [0.05, 0.1) is 34.9 Å². The van der Waals surface area contributed by atoms with Gasteiger partial charge >= 0.3 is 0 Å². The second-order valence-corrected chi connectivity index (χ2v) is 9.85. The van der Waals surface area contributed by atoms with Crippen LogP contribution in [0.4, 0.5) is 4.39 Å². The number of rotatable bonds is 5. The summed E-state index contributed by atoms with van der Waals surface area (Å²) in [4.78, 5) is 15.6. The summed E-state index contributed by atoms with van der Waals surface area (Å²) in [5.74, 6) is 1.45. The van der Waals surface area contributed by atoms with Crippen molar-refractivity contribution in [2.24, 2.45) is 0 Å². The molecule has 1 aliphatic rings. The van der Waals surface area contributed by atoms with E-state index in [1.807, 2.05) is 25.1 Å². The van der Waals surface area contributed by atoms with Crippen molar-refractivity contribution < 1.29 is 9.13 Å². The van der Waals surface area contributed by atoms with Crippen molar-refractivity contribution in [2.45, 2.75) is 25.8 Å². The molecule has 0 unspecified atom stereocenters. The fourth-order valence-electron chi connectivity index (χ4n) is 5.31. The molecule has 1 fully saturated rings. The molecule has 9 heteroatoms. The molecule has 6 rings (SSSR count). The fourth-order valence-corrected chi connectivity index (χ4v) is 5.58. The molecule has 1 aliphatic heterocycles. The molecule has 7 nitrogen and oxygen atoms in total. The highest BCUT2D eigenvalue weighted by Crippen LogP contribution is 2.38. The standard InChI is InChI=1S/C29H24ClFN6O/c1-18-35-27-17-34-26-16-25(31)22(21-6-5-20(14-24(21)30)38-28-4-2-3-10-33-28)15-23(26)29(27)37(18)19-7-11-36(12-8-19)13-9-32/h2-6,10,14-17,19H,7-8,11-13H2,1H3. The Bertz CT molecular complexity index is 1690. The predicted molar refractivity (Wildman–Crippen MR) is 145 cm³/mol. The van der Waals surface area contributed by atoms with E-state index in [1.165, 1.54) is 6.07 Å². The van der Waals surface area contributed by atoms with Gasteiger partial charge in [-0.3, -0.25) is 9.88 Å². The number of ether oxygens (including phenoxy) is 1. The molecular formula is C29H24ClFN6O. The van der Waals surface area contributed by atoms with Gasteiger partial charge in [0.25, 0.3) is 0 Å². The molecule has 1 saturated heterocycles.